The van der Waals surface area contributed by atoms with Crippen molar-refractivity contribution in [3.05, 3.63) is 12.4 Å². The number of aromatic nitrogens is 2. The highest BCUT2D eigenvalue weighted by molar-refractivity contribution is 7.89. The molecule has 0 aromatic carbocycles. The van der Waals surface area contributed by atoms with Gasteiger partial charge in [-0.15, -0.1) is 0 Å². The van der Waals surface area contributed by atoms with E-state index in [1.54, 1.807) is 0 Å². The Morgan fingerprint density at radius 3 is 2.71 bits per heavy atom. The van der Waals surface area contributed by atoms with Gasteiger partial charge in [0.05, 0.1) is 6.20 Å². The molecule has 1 fully saturated rings. The van der Waals surface area contributed by atoms with Gasteiger partial charge in [-0.05, 0) is 45.3 Å². The lowest BCUT2D eigenvalue weighted by Crippen LogP contribution is -2.28. The number of likely N-dealkylation sites (tertiary alicyclic amines) is 1. The van der Waals surface area contributed by atoms with Gasteiger partial charge in [-0.2, -0.15) is 5.10 Å². The van der Waals surface area contributed by atoms with Crippen LogP contribution in [-0.4, -0.2) is 61.0 Å². The average Bonchev–Trinajstić information content (AvgIpc) is 3.13. The second kappa shape index (κ2) is 7.88. The Morgan fingerprint density at radius 1 is 1.24 bits per heavy atom. The van der Waals surface area contributed by atoms with Gasteiger partial charge < -0.3 is 10.0 Å². The minimum atomic E-state index is -3.47. The van der Waals surface area contributed by atoms with Crippen LogP contribution in [0.3, 0.4) is 0 Å². The van der Waals surface area contributed by atoms with E-state index in [0.29, 0.717) is 19.5 Å². The molecule has 8 heteroatoms. The number of hydrogen-bond donors (Lipinski definition) is 2. The molecule has 2 rings (SSSR count). The number of sulfonamides is 1. The highest BCUT2D eigenvalue weighted by atomic mass is 32.2. The van der Waals surface area contributed by atoms with E-state index in [1.807, 2.05) is 0 Å². The molecule has 21 heavy (non-hydrogen) atoms. The lowest BCUT2D eigenvalue weighted by molar-refractivity contribution is 0.277. The zero-order valence-corrected chi connectivity index (χ0v) is 13.1. The Morgan fingerprint density at radius 2 is 2.00 bits per heavy atom. The lowest BCUT2D eigenvalue weighted by Gasteiger charge is -2.14. The third kappa shape index (κ3) is 5.06. The Hall–Kier alpha value is -0.960. The standard InChI is InChI=1S/C13H24N4O3S/c18-10-4-9-17-12-13(11-14-17)21(19,20)15-5-3-8-16-6-1-2-7-16/h11-12,15,18H,1-10H2. The van der Waals surface area contributed by atoms with Crippen LogP contribution in [0.15, 0.2) is 17.3 Å². The lowest BCUT2D eigenvalue weighted by atomic mass is 10.4. The molecule has 0 saturated carbocycles. The zero-order chi connectivity index (χ0) is 15.1. The normalized spacial score (nSPS) is 16.6. The third-order valence-corrected chi connectivity index (χ3v) is 5.02. The van der Waals surface area contributed by atoms with Crippen molar-refractivity contribution in [3.8, 4) is 0 Å². The van der Waals surface area contributed by atoms with E-state index in [-0.39, 0.29) is 11.5 Å². The van der Waals surface area contributed by atoms with Gasteiger partial charge in [0.25, 0.3) is 0 Å². The van der Waals surface area contributed by atoms with E-state index < -0.39 is 10.0 Å². The summed E-state index contributed by atoms with van der Waals surface area (Å²) in [5.74, 6) is 0. The Labute approximate surface area is 126 Å². The monoisotopic (exact) mass is 316 g/mol. The van der Waals surface area contributed by atoms with E-state index in [1.165, 1.54) is 29.9 Å². The van der Waals surface area contributed by atoms with Crippen molar-refractivity contribution in [2.75, 3.05) is 32.8 Å². The van der Waals surface area contributed by atoms with Crippen molar-refractivity contribution < 1.29 is 13.5 Å². The van der Waals surface area contributed by atoms with Crippen LogP contribution in [-0.2, 0) is 16.6 Å². The minimum absolute atomic E-state index is 0.0662. The zero-order valence-electron chi connectivity index (χ0n) is 12.2. The van der Waals surface area contributed by atoms with Crippen LogP contribution in [0.4, 0.5) is 0 Å². The molecule has 1 aromatic heterocycles. The van der Waals surface area contributed by atoms with E-state index >= 15 is 0 Å². The summed E-state index contributed by atoms with van der Waals surface area (Å²) in [6.07, 6.45) is 6.72. The quantitative estimate of drug-likeness (QED) is 0.628. The number of rotatable bonds is 9. The van der Waals surface area contributed by atoms with Crippen molar-refractivity contribution in [2.45, 2.75) is 37.1 Å². The van der Waals surface area contributed by atoms with Crippen LogP contribution >= 0.6 is 0 Å². The molecular formula is C13H24N4O3S. The molecule has 2 heterocycles. The molecule has 120 valence electrons. The van der Waals surface area contributed by atoms with Gasteiger partial charge in [0.2, 0.25) is 10.0 Å². The van der Waals surface area contributed by atoms with E-state index in [9.17, 15) is 8.42 Å². The number of aliphatic hydroxyl groups excluding tert-OH is 1. The van der Waals surface area contributed by atoms with Gasteiger partial charge in [0, 0.05) is 25.9 Å². The summed E-state index contributed by atoms with van der Waals surface area (Å²) in [6.45, 7) is 4.23. The van der Waals surface area contributed by atoms with Gasteiger partial charge in [0.15, 0.2) is 0 Å². The second-order valence-corrected chi connectivity index (χ2v) is 7.08. The van der Waals surface area contributed by atoms with Crippen LogP contribution in [0.25, 0.3) is 0 Å². The van der Waals surface area contributed by atoms with Crippen molar-refractivity contribution in [1.29, 1.82) is 0 Å². The van der Waals surface area contributed by atoms with Crippen LogP contribution in [0, 0.1) is 0 Å². The van der Waals surface area contributed by atoms with Crippen LogP contribution in [0.5, 0.6) is 0 Å². The minimum Gasteiger partial charge on any atom is -0.396 e. The number of aliphatic hydroxyl groups is 1. The summed E-state index contributed by atoms with van der Waals surface area (Å²) in [5, 5.41) is 12.7. The molecule has 7 nitrogen and oxygen atoms in total. The smallest absolute Gasteiger partial charge is 0.243 e. The molecule has 0 bridgehead atoms. The predicted octanol–water partition coefficient (Wildman–Crippen LogP) is 0.0297. The van der Waals surface area contributed by atoms with Crippen LogP contribution < -0.4 is 4.72 Å². The van der Waals surface area contributed by atoms with Crippen LogP contribution in [0.2, 0.25) is 0 Å². The molecule has 1 aromatic rings. The summed E-state index contributed by atoms with van der Waals surface area (Å²) in [6, 6.07) is 0. The molecule has 1 aliphatic heterocycles. The summed E-state index contributed by atoms with van der Waals surface area (Å²) in [4.78, 5) is 2.54. The number of nitrogens with one attached hydrogen (secondary N) is 1. The molecular weight excluding hydrogens is 292 g/mol. The SMILES string of the molecule is O=S(=O)(NCCCN1CCCC1)c1cnn(CCCO)c1. The maximum Gasteiger partial charge on any atom is 0.243 e. The summed E-state index contributed by atoms with van der Waals surface area (Å²) < 4.78 is 28.3. The highest BCUT2D eigenvalue weighted by Gasteiger charge is 2.16. The molecule has 1 aliphatic rings. The molecule has 0 aliphatic carbocycles. The molecule has 0 spiro atoms. The van der Waals surface area contributed by atoms with Gasteiger partial charge in [-0.1, -0.05) is 0 Å². The third-order valence-electron chi connectivity index (χ3n) is 3.61. The van der Waals surface area contributed by atoms with Crippen molar-refractivity contribution in [3.63, 3.8) is 0 Å². The summed E-state index contributed by atoms with van der Waals surface area (Å²) in [5.41, 5.74) is 0. The Bertz CT molecular complexity index is 523. The first-order valence-corrected chi connectivity index (χ1v) is 8.95. The first-order valence-electron chi connectivity index (χ1n) is 7.47. The first kappa shape index (κ1) is 16.4. The molecule has 1 saturated heterocycles. The molecule has 0 unspecified atom stereocenters. The topological polar surface area (TPSA) is 87.5 Å². The number of nitrogens with zero attached hydrogens (tertiary/aromatic N) is 3. The largest absolute Gasteiger partial charge is 0.396 e. The van der Waals surface area contributed by atoms with Crippen molar-refractivity contribution in [2.24, 2.45) is 0 Å². The maximum absolute atomic E-state index is 12.1. The summed E-state index contributed by atoms with van der Waals surface area (Å²) in [7, 11) is -3.47. The van der Waals surface area contributed by atoms with Gasteiger partial charge >= 0.3 is 0 Å². The molecule has 0 radical (unpaired) electrons. The van der Waals surface area contributed by atoms with Crippen molar-refractivity contribution in [1.82, 2.24) is 19.4 Å². The van der Waals surface area contributed by atoms with E-state index in [2.05, 4.69) is 14.7 Å². The fourth-order valence-corrected chi connectivity index (χ4v) is 3.46. The average molecular weight is 316 g/mol. The van der Waals surface area contributed by atoms with E-state index in [4.69, 9.17) is 5.11 Å². The predicted molar refractivity (Wildman–Crippen MR) is 79.4 cm³/mol. The van der Waals surface area contributed by atoms with E-state index in [0.717, 1.165) is 26.1 Å². The summed E-state index contributed by atoms with van der Waals surface area (Å²) >= 11 is 0. The fourth-order valence-electron chi connectivity index (χ4n) is 2.44. The molecule has 0 atom stereocenters. The van der Waals surface area contributed by atoms with Gasteiger partial charge in [-0.25, -0.2) is 13.1 Å². The van der Waals surface area contributed by atoms with Crippen LogP contribution in [0.1, 0.15) is 25.7 Å². The molecule has 0 amide bonds. The Balaban J connectivity index is 1.76. The first-order chi connectivity index (χ1) is 10.1. The van der Waals surface area contributed by atoms with Gasteiger partial charge in [-0.3, -0.25) is 4.68 Å². The highest BCUT2D eigenvalue weighted by Crippen LogP contribution is 2.09. The second-order valence-electron chi connectivity index (χ2n) is 5.32. The maximum atomic E-state index is 12.1. The van der Waals surface area contributed by atoms with Crippen molar-refractivity contribution >= 4 is 10.0 Å². The number of aryl methyl sites for hydroxylation is 1. The van der Waals surface area contributed by atoms with Gasteiger partial charge in [0.1, 0.15) is 4.90 Å². The molecule has 2 N–H and O–H groups in total. The fraction of sp³-hybridized carbons (Fsp3) is 0.769. The number of hydrogen-bond acceptors (Lipinski definition) is 5. The Kier molecular flexibility index (Phi) is 6.16.